The summed E-state index contributed by atoms with van der Waals surface area (Å²) in [7, 11) is 0. The second kappa shape index (κ2) is 3.84. The van der Waals surface area contributed by atoms with Crippen molar-refractivity contribution in [3.05, 3.63) is 58.2 Å². The van der Waals surface area contributed by atoms with Crippen molar-refractivity contribution in [3.8, 4) is 11.3 Å². The molecule has 2 aromatic rings. The molecular formula is C11H5F3O2. The van der Waals surface area contributed by atoms with Crippen LogP contribution in [0.25, 0.3) is 11.3 Å². The Kier molecular flexibility index (Phi) is 2.52. The minimum Gasteiger partial charge on any atom is -0.420 e. The summed E-state index contributed by atoms with van der Waals surface area (Å²) in [6.45, 7) is 0. The van der Waals surface area contributed by atoms with Gasteiger partial charge < -0.3 is 4.42 Å². The summed E-state index contributed by atoms with van der Waals surface area (Å²) < 4.78 is 42.7. The quantitative estimate of drug-likeness (QED) is 0.748. The van der Waals surface area contributed by atoms with Crippen LogP contribution in [0, 0.1) is 17.5 Å². The van der Waals surface area contributed by atoms with E-state index in [0.29, 0.717) is 0 Å². The van der Waals surface area contributed by atoms with Crippen LogP contribution in [0.15, 0.2) is 39.5 Å². The van der Waals surface area contributed by atoms with E-state index in [-0.39, 0.29) is 11.3 Å². The molecule has 82 valence electrons. The highest BCUT2D eigenvalue weighted by Gasteiger charge is 2.12. The van der Waals surface area contributed by atoms with Gasteiger partial charge in [-0.2, -0.15) is 4.39 Å². The highest BCUT2D eigenvalue weighted by atomic mass is 19.2. The molecule has 0 amide bonds. The van der Waals surface area contributed by atoms with E-state index >= 15 is 0 Å². The van der Waals surface area contributed by atoms with E-state index in [1.807, 2.05) is 0 Å². The van der Waals surface area contributed by atoms with Crippen LogP contribution in [0.2, 0.25) is 0 Å². The van der Waals surface area contributed by atoms with Gasteiger partial charge in [-0.15, -0.1) is 0 Å². The SMILES string of the molecule is O=c1oc(-c2ccc(F)cc2)cc(F)c1F. The van der Waals surface area contributed by atoms with Gasteiger partial charge in [0.05, 0.1) is 0 Å². The van der Waals surface area contributed by atoms with Crippen LogP contribution in [0.1, 0.15) is 0 Å². The number of halogens is 3. The van der Waals surface area contributed by atoms with Gasteiger partial charge in [0.1, 0.15) is 11.6 Å². The van der Waals surface area contributed by atoms with Crippen LogP contribution in [-0.4, -0.2) is 0 Å². The fraction of sp³-hybridized carbons (Fsp3) is 0. The molecule has 0 atom stereocenters. The molecule has 0 spiro atoms. The molecule has 0 aliphatic rings. The first-order valence-corrected chi connectivity index (χ1v) is 4.33. The summed E-state index contributed by atoms with van der Waals surface area (Å²) in [6, 6.07) is 5.58. The predicted molar refractivity (Wildman–Crippen MR) is 50.3 cm³/mol. The van der Waals surface area contributed by atoms with Gasteiger partial charge in [-0.05, 0) is 24.3 Å². The molecule has 0 bridgehead atoms. The predicted octanol–water partition coefficient (Wildman–Crippen LogP) is 2.72. The van der Waals surface area contributed by atoms with Crippen LogP contribution >= 0.6 is 0 Å². The van der Waals surface area contributed by atoms with Gasteiger partial charge in [0.15, 0.2) is 5.82 Å². The molecule has 0 N–H and O–H groups in total. The number of hydrogen-bond acceptors (Lipinski definition) is 2. The highest BCUT2D eigenvalue weighted by molar-refractivity contribution is 5.56. The Morgan fingerprint density at radius 3 is 2.19 bits per heavy atom. The molecule has 0 fully saturated rings. The maximum Gasteiger partial charge on any atom is 0.375 e. The molecule has 0 aliphatic carbocycles. The molecule has 2 nitrogen and oxygen atoms in total. The lowest BCUT2D eigenvalue weighted by molar-refractivity contribution is 0.416. The van der Waals surface area contributed by atoms with E-state index in [0.717, 1.165) is 18.2 Å². The molecule has 0 saturated carbocycles. The van der Waals surface area contributed by atoms with Crippen LogP contribution in [0.5, 0.6) is 0 Å². The molecule has 1 heterocycles. The van der Waals surface area contributed by atoms with Crippen LogP contribution < -0.4 is 5.63 Å². The summed E-state index contributed by atoms with van der Waals surface area (Å²) in [6.07, 6.45) is 0. The first-order valence-electron chi connectivity index (χ1n) is 4.33. The molecule has 0 saturated heterocycles. The van der Waals surface area contributed by atoms with Gasteiger partial charge in [0.25, 0.3) is 0 Å². The number of benzene rings is 1. The number of rotatable bonds is 1. The first kappa shape index (κ1) is 10.5. The minimum absolute atomic E-state index is 0.149. The van der Waals surface area contributed by atoms with E-state index in [1.54, 1.807) is 0 Å². The average Bonchev–Trinajstić information content (AvgIpc) is 2.26. The normalized spacial score (nSPS) is 10.4. The molecule has 0 aliphatic heterocycles. The van der Waals surface area contributed by atoms with Gasteiger partial charge >= 0.3 is 5.63 Å². The van der Waals surface area contributed by atoms with Crippen molar-refractivity contribution in [1.82, 2.24) is 0 Å². The van der Waals surface area contributed by atoms with Gasteiger partial charge in [0.2, 0.25) is 5.82 Å². The fourth-order valence-electron chi connectivity index (χ4n) is 1.21. The van der Waals surface area contributed by atoms with Gasteiger partial charge in [-0.25, -0.2) is 13.6 Å². The summed E-state index contributed by atoms with van der Waals surface area (Å²) in [4.78, 5) is 10.8. The Morgan fingerprint density at radius 1 is 1.00 bits per heavy atom. The zero-order valence-corrected chi connectivity index (χ0v) is 7.84. The van der Waals surface area contributed by atoms with Crippen LogP contribution in [0.4, 0.5) is 13.2 Å². The Hall–Kier alpha value is -2.04. The molecule has 2 rings (SSSR count). The lowest BCUT2D eigenvalue weighted by Gasteiger charge is -2.00. The van der Waals surface area contributed by atoms with Crippen molar-refractivity contribution in [3.63, 3.8) is 0 Å². The summed E-state index contributed by atoms with van der Waals surface area (Å²) in [5.41, 5.74) is -1.10. The Labute approximate surface area is 88.0 Å². The summed E-state index contributed by atoms with van der Waals surface area (Å²) in [5.74, 6) is -3.49. The zero-order chi connectivity index (χ0) is 11.7. The van der Waals surface area contributed by atoms with E-state index in [1.165, 1.54) is 12.1 Å². The standard InChI is InChI=1S/C11H5F3O2/c12-7-3-1-6(2-4-7)9-5-8(13)10(14)11(15)16-9/h1-5H. The third-order valence-electron chi connectivity index (χ3n) is 1.98. The molecule has 5 heteroatoms. The van der Waals surface area contributed by atoms with E-state index in [4.69, 9.17) is 0 Å². The maximum absolute atomic E-state index is 12.9. The minimum atomic E-state index is -1.56. The van der Waals surface area contributed by atoms with Crippen molar-refractivity contribution in [2.24, 2.45) is 0 Å². The second-order valence-corrected chi connectivity index (χ2v) is 3.07. The Morgan fingerprint density at radius 2 is 1.62 bits per heavy atom. The van der Waals surface area contributed by atoms with Crippen molar-refractivity contribution in [1.29, 1.82) is 0 Å². The Balaban J connectivity index is 2.57. The number of hydrogen-bond donors (Lipinski definition) is 0. The van der Waals surface area contributed by atoms with E-state index < -0.39 is 23.1 Å². The van der Waals surface area contributed by atoms with Crippen LogP contribution in [0.3, 0.4) is 0 Å². The molecule has 1 aromatic heterocycles. The van der Waals surface area contributed by atoms with Crippen molar-refractivity contribution >= 4 is 0 Å². The first-order chi connectivity index (χ1) is 7.58. The monoisotopic (exact) mass is 226 g/mol. The average molecular weight is 226 g/mol. The highest BCUT2D eigenvalue weighted by Crippen LogP contribution is 2.19. The molecule has 16 heavy (non-hydrogen) atoms. The fourth-order valence-corrected chi connectivity index (χ4v) is 1.21. The van der Waals surface area contributed by atoms with Crippen molar-refractivity contribution in [2.75, 3.05) is 0 Å². The van der Waals surface area contributed by atoms with Gasteiger partial charge in [0, 0.05) is 11.6 Å². The summed E-state index contributed by atoms with van der Waals surface area (Å²) >= 11 is 0. The smallest absolute Gasteiger partial charge is 0.375 e. The van der Waals surface area contributed by atoms with Gasteiger partial charge in [-0.1, -0.05) is 0 Å². The molecule has 1 aromatic carbocycles. The maximum atomic E-state index is 12.9. The van der Waals surface area contributed by atoms with E-state index in [2.05, 4.69) is 4.42 Å². The van der Waals surface area contributed by atoms with Crippen molar-refractivity contribution in [2.45, 2.75) is 0 Å². The third kappa shape index (κ3) is 1.84. The van der Waals surface area contributed by atoms with Crippen molar-refractivity contribution < 1.29 is 17.6 Å². The third-order valence-corrected chi connectivity index (χ3v) is 1.98. The molecular weight excluding hydrogens is 221 g/mol. The van der Waals surface area contributed by atoms with Crippen LogP contribution in [-0.2, 0) is 0 Å². The topological polar surface area (TPSA) is 30.2 Å². The summed E-state index contributed by atoms with van der Waals surface area (Å²) in [5, 5.41) is 0. The lowest BCUT2D eigenvalue weighted by atomic mass is 10.1. The molecule has 0 unspecified atom stereocenters. The van der Waals surface area contributed by atoms with Gasteiger partial charge in [-0.3, -0.25) is 0 Å². The largest absolute Gasteiger partial charge is 0.420 e. The lowest BCUT2D eigenvalue weighted by Crippen LogP contribution is -2.07. The molecule has 0 radical (unpaired) electrons. The second-order valence-electron chi connectivity index (χ2n) is 3.07. The zero-order valence-electron chi connectivity index (χ0n) is 7.84. The Bertz CT molecular complexity index is 573. The van der Waals surface area contributed by atoms with E-state index in [9.17, 15) is 18.0 Å².